The molecule has 0 radical (unpaired) electrons. The molecule has 2 aromatic carbocycles. The molecular weight excluding hydrogens is 262 g/mol. The lowest BCUT2D eigenvalue weighted by molar-refractivity contribution is 0.112. The van der Waals surface area contributed by atoms with Crippen molar-refractivity contribution in [1.82, 2.24) is 4.57 Å². The molecule has 0 aliphatic rings. The fourth-order valence-corrected chi connectivity index (χ4v) is 2.53. The second-order valence-corrected chi connectivity index (χ2v) is 5.04. The van der Waals surface area contributed by atoms with Crippen molar-refractivity contribution >= 4 is 17.2 Å². The predicted molar refractivity (Wildman–Crippen MR) is 84.0 cm³/mol. The highest BCUT2D eigenvalue weighted by Gasteiger charge is 2.03. The van der Waals surface area contributed by atoms with E-state index in [1.807, 2.05) is 30.3 Å². The van der Waals surface area contributed by atoms with Gasteiger partial charge in [0, 0.05) is 29.2 Å². The van der Waals surface area contributed by atoms with Crippen LogP contribution < -0.4 is 4.74 Å². The first-order valence-corrected chi connectivity index (χ1v) is 6.97. The van der Waals surface area contributed by atoms with E-state index in [9.17, 15) is 4.79 Å². The molecule has 0 spiro atoms. The molecule has 0 saturated heterocycles. The number of rotatable bonds is 5. The molecule has 3 nitrogen and oxygen atoms in total. The van der Waals surface area contributed by atoms with Gasteiger partial charge in [0.2, 0.25) is 0 Å². The first-order valence-electron chi connectivity index (χ1n) is 6.97. The number of carbonyl (C=O) groups is 1. The fourth-order valence-electron chi connectivity index (χ4n) is 2.53. The van der Waals surface area contributed by atoms with Crippen molar-refractivity contribution in [3.05, 3.63) is 65.9 Å². The number of nitrogens with zero attached hydrogens (tertiary/aromatic N) is 1. The summed E-state index contributed by atoms with van der Waals surface area (Å²) >= 11 is 0. The zero-order valence-electron chi connectivity index (χ0n) is 12.0. The normalized spacial score (nSPS) is 10.7. The van der Waals surface area contributed by atoms with Gasteiger partial charge in [-0.2, -0.15) is 0 Å². The third-order valence-electron chi connectivity index (χ3n) is 3.73. The Labute approximate surface area is 123 Å². The summed E-state index contributed by atoms with van der Waals surface area (Å²) in [7, 11) is 1.68. The van der Waals surface area contributed by atoms with E-state index in [1.165, 1.54) is 5.56 Å². The molecule has 3 rings (SSSR count). The highest BCUT2D eigenvalue weighted by atomic mass is 16.5. The van der Waals surface area contributed by atoms with Crippen LogP contribution >= 0.6 is 0 Å². The van der Waals surface area contributed by atoms with Gasteiger partial charge in [-0.3, -0.25) is 4.79 Å². The molecule has 0 aliphatic heterocycles. The van der Waals surface area contributed by atoms with Crippen LogP contribution in [0, 0.1) is 0 Å². The number of hydrogen-bond acceptors (Lipinski definition) is 2. The number of hydrogen-bond donors (Lipinski definition) is 0. The average Bonchev–Trinajstić information content (AvgIpc) is 2.95. The summed E-state index contributed by atoms with van der Waals surface area (Å²) in [6.07, 6.45) is 3.92. The third kappa shape index (κ3) is 2.82. The lowest BCUT2D eigenvalue weighted by Crippen LogP contribution is -1.99. The molecular formula is C18H17NO2. The Balaban J connectivity index is 1.76. The number of ether oxygens (including phenoxy) is 1. The van der Waals surface area contributed by atoms with E-state index in [1.54, 1.807) is 7.11 Å². The van der Waals surface area contributed by atoms with Gasteiger partial charge in [0.1, 0.15) is 12.0 Å². The first-order chi connectivity index (χ1) is 10.3. The van der Waals surface area contributed by atoms with Gasteiger partial charge in [0.25, 0.3) is 0 Å². The summed E-state index contributed by atoms with van der Waals surface area (Å²) in [4.78, 5) is 10.8. The Kier molecular flexibility index (Phi) is 3.73. The van der Waals surface area contributed by atoms with Crippen LogP contribution in [0.4, 0.5) is 0 Å². The van der Waals surface area contributed by atoms with Crippen LogP contribution in [0.15, 0.2) is 54.7 Å². The highest BCUT2D eigenvalue weighted by Crippen LogP contribution is 2.18. The number of aryl methyl sites for hydroxylation is 2. The molecule has 1 aromatic heterocycles. The van der Waals surface area contributed by atoms with E-state index < -0.39 is 0 Å². The molecule has 21 heavy (non-hydrogen) atoms. The van der Waals surface area contributed by atoms with E-state index in [2.05, 4.69) is 29.0 Å². The standard InChI is InChI=1S/C18H17NO2/c1-21-17-5-2-14(3-6-17)8-10-19-11-9-16-12-15(13-20)4-7-18(16)19/h2-7,9,11-13H,8,10H2,1H3. The predicted octanol–water partition coefficient (Wildman–Crippen LogP) is 3.71. The minimum absolute atomic E-state index is 0.718. The first kappa shape index (κ1) is 13.4. The van der Waals surface area contributed by atoms with Crippen LogP contribution in [0.5, 0.6) is 5.75 Å². The van der Waals surface area contributed by atoms with Gasteiger partial charge >= 0.3 is 0 Å². The number of methoxy groups -OCH3 is 1. The van der Waals surface area contributed by atoms with E-state index >= 15 is 0 Å². The third-order valence-corrected chi connectivity index (χ3v) is 3.73. The van der Waals surface area contributed by atoms with E-state index in [0.717, 1.165) is 41.5 Å². The second-order valence-electron chi connectivity index (χ2n) is 5.04. The van der Waals surface area contributed by atoms with Gasteiger partial charge in [0.15, 0.2) is 0 Å². The van der Waals surface area contributed by atoms with Gasteiger partial charge in [0.05, 0.1) is 7.11 Å². The van der Waals surface area contributed by atoms with Gasteiger partial charge < -0.3 is 9.30 Å². The molecule has 0 amide bonds. The largest absolute Gasteiger partial charge is 0.497 e. The highest BCUT2D eigenvalue weighted by molar-refractivity contribution is 5.87. The molecule has 3 heteroatoms. The summed E-state index contributed by atoms with van der Waals surface area (Å²) in [6.45, 7) is 0.913. The van der Waals surface area contributed by atoms with Crippen molar-refractivity contribution in [2.45, 2.75) is 13.0 Å². The number of fused-ring (bicyclic) bond motifs is 1. The van der Waals surface area contributed by atoms with Gasteiger partial charge in [-0.15, -0.1) is 0 Å². The molecule has 1 heterocycles. The molecule has 0 bridgehead atoms. The monoisotopic (exact) mass is 279 g/mol. The molecule has 0 fully saturated rings. The quantitative estimate of drug-likeness (QED) is 0.667. The molecule has 0 saturated carbocycles. The van der Waals surface area contributed by atoms with Crippen LogP contribution in [0.2, 0.25) is 0 Å². The summed E-state index contributed by atoms with van der Waals surface area (Å²) in [5, 5.41) is 1.11. The topological polar surface area (TPSA) is 31.2 Å². The maximum absolute atomic E-state index is 10.8. The molecule has 0 aliphatic carbocycles. The summed E-state index contributed by atoms with van der Waals surface area (Å²) in [5.74, 6) is 0.881. The Morgan fingerprint density at radius 3 is 2.62 bits per heavy atom. The van der Waals surface area contributed by atoms with Crippen molar-refractivity contribution in [1.29, 1.82) is 0 Å². The average molecular weight is 279 g/mol. The summed E-state index contributed by atoms with van der Waals surface area (Å²) in [5.41, 5.74) is 3.16. The number of aldehydes is 1. The van der Waals surface area contributed by atoms with E-state index in [4.69, 9.17) is 4.74 Å². The lowest BCUT2D eigenvalue weighted by atomic mass is 10.1. The van der Waals surface area contributed by atoms with Crippen LogP contribution in [-0.2, 0) is 13.0 Å². The minimum atomic E-state index is 0.718. The molecule has 3 aromatic rings. The van der Waals surface area contributed by atoms with Crippen LogP contribution in [-0.4, -0.2) is 18.0 Å². The number of benzene rings is 2. The van der Waals surface area contributed by atoms with Gasteiger partial charge in [-0.25, -0.2) is 0 Å². The maximum Gasteiger partial charge on any atom is 0.150 e. The Morgan fingerprint density at radius 1 is 1.10 bits per heavy atom. The fraction of sp³-hybridized carbons (Fsp3) is 0.167. The van der Waals surface area contributed by atoms with Crippen molar-refractivity contribution < 1.29 is 9.53 Å². The Morgan fingerprint density at radius 2 is 1.90 bits per heavy atom. The van der Waals surface area contributed by atoms with E-state index in [-0.39, 0.29) is 0 Å². The smallest absolute Gasteiger partial charge is 0.150 e. The summed E-state index contributed by atoms with van der Waals surface area (Å²) < 4.78 is 7.38. The molecule has 0 N–H and O–H groups in total. The molecule has 0 atom stereocenters. The van der Waals surface area contributed by atoms with Crippen LogP contribution in [0.25, 0.3) is 10.9 Å². The Hall–Kier alpha value is -2.55. The van der Waals surface area contributed by atoms with Crippen LogP contribution in [0.3, 0.4) is 0 Å². The van der Waals surface area contributed by atoms with Gasteiger partial charge in [-0.05, 0) is 48.4 Å². The minimum Gasteiger partial charge on any atom is -0.497 e. The zero-order chi connectivity index (χ0) is 14.7. The van der Waals surface area contributed by atoms with Crippen molar-refractivity contribution in [2.75, 3.05) is 7.11 Å². The number of carbonyl (C=O) groups excluding carboxylic acids is 1. The second kappa shape index (κ2) is 5.83. The maximum atomic E-state index is 10.8. The molecule has 106 valence electrons. The van der Waals surface area contributed by atoms with Crippen LogP contribution in [0.1, 0.15) is 15.9 Å². The molecule has 0 unspecified atom stereocenters. The van der Waals surface area contributed by atoms with Crippen molar-refractivity contribution in [3.63, 3.8) is 0 Å². The number of aromatic nitrogens is 1. The van der Waals surface area contributed by atoms with Crippen molar-refractivity contribution in [3.8, 4) is 5.75 Å². The van der Waals surface area contributed by atoms with Crippen molar-refractivity contribution in [2.24, 2.45) is 0 Å². The lowest BCUT2D eigenvalue weighted by Gasteiger charge is -2.07. The Bertz CT molecular complexity index is 756. The van der Waals surface area contributed by atoms with E-state index in [0.29, 0.717) is 0 Å². The SMILES string of the molecule is COc1ccc(CCn2ccc3cc(C=O)ccc32)cc1. The summed E-state index contributed by atoms with van der Waals surface area (Å²) in [6, 6.07) is 16.0. The van der Waals surface area contributed by atoms with Gasteiger partial charge in [-0.1, -0.05) is 12.1 Å². The zero-order valence-corrected chi connectivity index (χ0v) is 12.0.